The molecule has 3 aromatic rings. The quantitative estimate of drug-likeness (QED) is 0.722. The molecule has 0 saturated carbocycles. The maximum atomic E-state index is 12.1. The number of amides is 1. The molecule has 1 aromatic carbocycles. The Morgan fingerprint density at radius 1 is 1.28 bits per heavy atom. The van der Waals surface area contributed by atoms with Crippen molar-refractivity contribution in [3.05, 3.63) is 41.2 Å². The first kappa shape index (κ1) is 17.4. The van der Waals surface area contributed by atoms with Gasteiger partial charge in [-0.1, -0.05) is 12.1 Å². The number of rotatable bonds is 6. The molecule has 3 rings (SSSR count). The summed E-state index contributed by atoms with van der Waals surface area (Å²) in [6, 6.07) is 8.28. The number of likely N-dealkylation sites (N-methyl/N-ethyl adjacent to an activating group) is 1. The topological polar surface area (TPSA) is 71.3 Å². The van der Waals surface area contributed by atoms with Crippen LogP contribution in [0, 0.1) is 13.8 Å². The van der Waals surface area contributed by atoms with Crippen molar-refractivity contribution in [1.29, 1.82) is 0 Å². The van der Waals surface area contributed by atoms with Gasteiger partial charge in [0.05, 0.1) is 5.52 Å². The molecule has 1 amide bonds. The Balaban J connectivity index is 1.82. The van der Waals surface area contributed by atoms with Gasteiger partial charge in [0.25, 0.3) is 0 Å². The van der Waals surface area contributed by atoms with Crippen LogP contribution in [0.4, 0.5) is 0 Å². The molecule has 2 aromatic heterocycles. The molecular weight excluding hydrogens is 314 g/mol. The lowest BCUT2D eigenvalue weighted by Crippen LogP contribution is -2.37. The molecule has 6 heteroatoms. The van der Waals surface area contributed by atoms with E-state index >= 15 is 0 Å². The van der Waals surface area contributed by atoms with Crippen molar-refractivity contribution in [3.63, 3.8) is 0 Å². The van der Waals surface area contributed by atoms with Gasteiger partial charge >= 0.3 is 0 Å². The zero-order valence-electron chi connectivity index (χ0n) is 15.3. The number of aryl methyl sites for hydroxylation is 2. The van der Waals surface area contributed by atoms with Gasteiger partial charge in [-0.15, -0.1) is 0 Å². The molecular formula is C19H25N5O. The molecule has 0 radical (unpaired) electrons. The highest BCUT2D eigenvalue weighted by molar-refractivity contribution is 5.92. The highest BCUT2D eigenvalue weighted by Crippen LogP contribution is 2.22. The molecule has 1 atom stereocenters. The lowest BCUT2D eigenvalue weighted by Gasteiger charge is -2.13. The molecule has 0 bridgehead atoms. The third-order valence-corrected chi connectivity index (χ3v) is 4.72. The van der Waals surface area contributed by atoms with E-state index in [4.69, 9.17) is 4.98 Å². The van der Waals surface area contributed by atoms with Crippen LogP contribution in [0.25, 0.3) is 16.6 Å². The van der Waals surface area contributed by atoms with Crippen molar-refractivity contribution in [2.45, 2.75) is 39.7 Å². The first-order valence-corrected chi connectivity index (χ1v) is 8.68. The highest BCUT2D eigenvalue weighted by atomic mass is 16.1. The van der Waals surface area contributed by atoms with Crippen LogP contribution < -0.4 is 10.6 Å². The monoisotopic (exact) mass is 339 g/mol. The molecule has 132 valence electrons. The second-order valence-electron chi connectivity index (χ2n) is 6.51. The van der Waals surface area contributed by atoms with E-state index in [2.05, 4.69) is 15.7 Å². The van der Waals surface area contributed by atoms with Gasteiger partial charge in [0.2, 0.25) is 5.91 Å². The fourth-order valence-corrected chi connectivity index (χ4v) is 3.03. The summed E-state index contributed by atoms with van der Waals surface area (Å²) in [4.78, 5) is 16.8. The number of aromatic nitrogens is 3. The minimum absolute atomic E-state index is 0.0617. The summed E-state index contributed by atoms with van der Waals surface area (Å²) in [6.45, 7) is 6.72. The van der Waals surface area contributed by atoms with E-state index in [0.717, 1.165) is 33.5 Å². The van der Waals surface area contributed by atoms with Crippen molar-refractivity contribution >= 4 is 22.5 Å². The van der Waals surface area contributed by atoms with Crippen molar-refractivity contribution in [3.8, 4) is 0 Å². The fraction of sp³-hybridized carbons (Fsp3) is 0.421. The van der Waals surface area contributed by atoms with E-state index < -0.39 is 0 Å². The van der Waals surface area contributed by atoms with Crippen LogP contribution in [0.2, 0.25) is 0 Å². The van der Waals surface area contributed by atoms with Crippen molar-refractivity contribution in [1.82, 2.24) is 25.2 Å². The van der Waals surface area contributed by atoms with Crippen LogP contribution in [0.1, 0.15) is 30.3 Å². The van der Waals surface area contributed by atoms with E-state index in [9.17, 15) is 4.79 Å². The largest absolute Gasteiger partial charge is 0.355 e. The summed E-state index contributed by atoms with van der Waals surface area (Å²) in [7, 11) is 1.89. The van der Waals surface area contributed by atoms with Gasteiger partial charge in [-0.2, -0.15) is 5.10 Å². The molecule has 2 heterocycles. The van der Waals surface area contributed by atoms with Crippen molar-refractivity contribution in [2.75, 3.05) is 13.6 Å². The Morgan fingerprint density at radius 2 is 2.04 bits per heavy atom. The molecule has 0 fully saturated rings. The molecule has 2 N–H and O–H groups in total. The summed E-state index contributed by atoms with van der Waals surface area (Å²) < 4.78 is 1.90. The smallest absolute Gasteiger partial charge is 0.220 e. The third-order valence-electron chi connectivity index (χ3n) is 4.72. The predicted octanol–water partition coefficient (Wildman–Crippen LogP) is 2.16. The van der Waals surface area contributed by atoms with Crippen molar-refractivity contribution in [2.24, 2.45) is 0 Å². The number of hydrogen-bond donors (Lipinski definition) is 2. The van der Waals surface area contributed by atoms with Gasteiger partial charge in [-0.3, -0.25) is 4.79 Å². The lowest BCUT2D eigenvalue weighted by molar-refractivity contribution is -0.121. The van der Waals surface area contributed by atoms with Crippen LogP contribution in [-0.2, 0) is 11.2 Å². The van der Waals surface area contributed by atoms with E-state index in [0.29, 0.717) is 19.4 Å². The van der Waals surface area contributed by atoms with Crippen LogP contribution in [-0.4, -0.2) is 40.1 Å². The van der Waals surface area contributed by atoms with E-state index in [1.165, 1.54) is 0 Å². The number of nitrogens with one attached hydrogen (secondary N) is 2. The van der Waals surface area contributed by atoms with Gasteiger partial charge in [0.15, 0.2) is 5.65 Å². The van der Waals surface area contributed by atoms with Crippen LogP contribution >= 0.6 is 0 Å². The zero-order chi connectivity index (χ0) is 18.0. The van der Waals surface area contributed by atoms with Gasteiger partial charge in [-0.25, -0.2) is 9.50 Å². The third kappa shape index (κ3) is 3.49. The normalized spacial score (nSPS) is 12.6. The zero-order valence-corrected chi connectivity index (χ0v) is 15.3. The SMILES string of the molecule is CNC(C)CNC(=O)CCc1c(C)nc2c3ccccc3nn2c1C. The molecule has 0 saturated heterocycles. The predicted molar refractivity (Wildman–Crippen MR) is 99.8 cm³/mol. The van der Waals surface area contributed by atoms with Gasteiger partial charge in [-0.05, 0) is 51.9 Å². The summed E-state index contributed by atoms with van der Waals surface area (Å²) in [5, 5.41) is 11.8. The first-order chi connectivity index (χ1) is 12.0. The van der Waals surface area contributed by atoms with Crippen LogP contribution in [0.15, 0.2) is 24.3 Å². The average Bonchev–Trinajstić information content (AvgIpc) is 2.98. The Morgan fingerprint density at radius 3 is 2.80 bits per heavy atom. The van der Waals surface area contributed by atoms with Crippen LogP contribution in [0.5, 0.6) is 0 Å². The second kappa shape index (κ2) is 7.19. The summed E-state index contributed by atoms with van der Waals surface area (Å²) >= 11 is 0. The van der Waals surface area contributed by atoms with E-state index in [1.54, 1.807) is 0 Å². The van der Waals surface area contributed by atoms with E-state index in [-0.39, 0.29) is 11.9 Å². The Hall–Kier alpha value is -2.47. The van der Waals surface area contributed by atoms with Crippen LogP contribution in [0.3, 0.4) is 0 Å². The number of hydrogen-bond acceptors (Lipinski definition) is 4. The fourth-order valence-electron chi connectivity index (χ4n) is 3.03. The van der Waals surface area contributed by atoms with Gasteiger partial charge in [0.1, 0.15) is 0 Å². The number of carbonyl (C=O) groups is 1. The van der Waals surface area contributed by atoms with Gasteiger partial charge < -0.3 is 10.6 Å². The number of benzene rings is 1. The average molecular weight is 339 g/mol. The molecule has 0 aliphatic carbocycles. The molecule has 6 nitrogen and oxygen atoms in total. The maximum absolute atomic E-state index is 12.1. The Labute approximate surface area is 147 Å². The maximum Gasteiger partial charge on any atom is 0.220 e. The summed E-state index contributed by atoms with van der Waals surface area (Å²) in [5.41, 5.74) is 4.93. The number of nitrogens with zero attached hydrogens (tertiary/aromatic N) is 3. The molecule has 0 aliphatic heterocycles. The number of carbonyl (C=O) groups excluding carboxylic acids is 1. The highest BCUT2D eigenvalue weighted by Gasteiger charge is 2.15. The minimum Gasteiger partial charge on any atom is -0.355 e. The summed E-state index contributed by atoms with van der Waals surface area (Å²) in [5.74, 6) is 0.0617. The van der Waals surface area contributed by atoms with Gasteiger partial charge in [0, 0.05) is 35.8 Å². The molecule has 0 aliphatic rings. The Bertz CT molecular complexity index is 915. The lowest BCUT2D eigenvalue weighted by atomic mass is 10.1. The molecule has 25 heavy (non-hydrogen) atoms. The number of fused-ring (bicyclic) bond motifs is 3. The van der Waals surface area contributed by atoms with E-state index in [1.807, 2.05) is 56.6 Å². The molecule has 1 unspecified atom stereocenters. The minimum atomic E-state index is 0.0617. The summed E-state index contributed by atoms with van der Waals surface area (Å²) in [6.07, 6.45) is 1.11. The molecule has 0 spiro atoms. The Kier molecular flexibility index (Phi) is 4.99. The van der Waals surface area contributed by atoms with Crippen molar-refractivity contribution < 1.29 is 4.79 Å². The first-order valence-electron chi connectivity index (χ1n) is 8.68. The standard InChI is InChI=1S/C19H25N5O/c1-12(20-4)11-21-18(25)10-9-15-13(2)22-19-16-7-5-6-8-17(16)23-24(19)14(15)3/h5-8,12,20H,9-11H2,1-4H3,(H,21,25). The second-order valence-corrected chi connectivity index (χ2v) is 6.51.